The number of hydrazone groups is 1. The largest absolute Gasteiger partial charge is 0.507 e. The fourth-order valence-corrected chi connectivity index (χ4v) is 3.79. The van der Waals surface area contributed by atoms with Gasteiger partial charge in [-0.05, 0) is 53.1 Å². The Morgan fingerprint density at radius 2 is 1.79 bits per heavy atom. The summed E-state index contributed by atoms with van der Waals surface area (Å²) in [6, 6.07) is 12.8. The summed E-state index contributed by atoms with van der Waals surface area (Å²) in [5.74, 6) is 0.328. The zero-order valence-electron chi connectivity index (χ0n) is 17.6. The monoisotopic (exact) mass is 460 g/mol. The predicted molar refractivity (Wildman–Crippen MR) is 121 cm³/mol. The van der Waals surface area contributed by atoms with Crippen LogP contribution in [0.2, 0.25) is 0 Å². The number of halogens is 1. The van der Waals surface area contributed by atoms with Gasteiger partial charge in [0.1, 0.15) is 11.5 Å². The van der Waals surface area contributed by atoms with Crippen LogP contribution in [0.3, 0.4) is 0 Å². The van der Waals surface area contributed by atoms with Crippen molar-refractivity contribution in [3.63, 3.8) is 0 Å². The number of hydrogen-bond acceptors (Lipinski definition) is 4. The molecule has 0 unspecified atom stereocenters. The van der Waals surface area contributed by atoms with Crippen molar-refractivity contribution in [2.45, 2.75) is 46.5 Å². The molecule has 29 heavy (non-hydrogen) atoms. The zero-order valence-corrected chi connectivity index (χ0v) is 19.2. The normalized spacial score (nSPS) is 12.2. The van der Waals surface area contributed by atoms with Gasteiger partial charge < -0.3 is 9.84 Å². The highest BCUT2D eigenvalue weighted by molar-refractivity contribution is 9.10. The van der Waals surface area contributed by atoms with Gasteiger partial charge in [-0.25, -0.2) is 5.43 Å². The third kappa shape index (κ3) is 7.54. The molecular weight excluding hydrogens is 432 g/mol. The number of amides is 1. The summed E-state index contributed by atoms with van der Waals surface area (Å²) in [5, 5.41) is 13.6. The van der Waals surface area contributed by atoms with Crippen molar-refractivity contribution in [3.8, 4) is 11.5 Å². The predicted octanol–water partition coefficient (Wildman–Crippen LogP) is 5.40. The van der Waals surface area contributed by atoms with Crippen LogP contribution in [0, 0.1) is 5.41 Å². The van der Waals surface area contributed by atoms with Gasteiger partial charge in [0.15, 0.2) is 6.61 Å². The van der Waals surface area contributed by atoms with E-state index in [4.69, 9.17) is 4.74 Å². The standard InChI is InChI=1S/C23H29BrN2O3/c1-22(2,3)15-23(4,5)17-6-9-19(10-7-17)29-14-21(28)26-25-13-16-12-18(24)8-11-20(16)27/h6-13,27H,14-15H2,1-5H3,(H,26,28)/b25-13+. The van der Waals surface area contributed by atoms with Crippen molar-refractivity contribution in [1.29, 1.82) is 0 Å². The van der Waals surface area contributed by atoms with Crippen LogP contribution in [0.15, 0.2) is 52.0 Å². The first-order valence-electron chi connectivity index (χ1n) is 9.50. The summed E-state index contributed by atoms with van der Waals surface area (Å²) < 4.78 is 6.35. The number of carbonyl (C=O) groups is 1. The average molecular weight is 461 g/mol. The SMILES string of the molecule is CC(C)(C)CC(C)(C)c1ccc(OCC(=O)N/N=C/c2cc(Br)ccc2O)cc1. The van der Waals surface area contributed by atoms with Crippen molar-refractivity contribution in [2.75, 3.05) is 6.61 Å². The van der Waals surface area contributed by atoms with Crippen molar-refractivity contribution in [2.24, 2.45) is 10.5 Å². The van der Waals surface area contributed by atoms with E-state index in [2.05, 4.69) is 61.1 Å². The maximum atomic E-state index is 11.9. The van der Waals surface area contributed by atoms with Gasteiger partial charge in [-0.1, -0.05) is 62.7 Å². The van der Waals surface area contributed by atoms with E-state index in [1.165, 1.54) is 11.8 Å². The number of hydrogen-bond donors (Lipinski definition) is 2. The lowest BCUT2D eigenvalue weighted by molar-refractivity contribution is -0.123. The Balaban J connectivity index is 1.87. The molecule has 0 spiro atoms. The van der Waals surface area contributed by atoms with Gasteiger partial charge in [0, 0.05) is 10.0 Å². The summed E-state index contributed by atoms with van der Waals surface area (Å²) in [6.07, 6.45) is 2.44. The minimum absolute atomic E-state index is 0.0564. The first kappa shape index (κ1) is 22.9. The lowest BCUT2D eigenvalue weighted by Gasteiger charge is -2.33. The number of ether oxygens (including phenoxy) is 1. The van der Waals surface area contributed by atoms with E-state index in [1.54, 1.807) is 18.2 Å². The molecule has 0 fully saturated rings. The third-order valence-corrected chi connectivity index (χ3v) is 4.85. The molecule has 1 amide bonds. The Hall–Kier alpha value is -2.34. The summed E-state index contributed by atoms with van der Waals surface area (Å²) in [6.45, 7) is 11.1. The number of nitrogens with one attached hydrogen (secondary N) is 1. The van der Waals surface area contributed by atoms with E-state index in [0.717, 1.165) is 10.9 Å². The van der Waals surface area contributed by atoms with E-state index in [0.29, 0.717) is 11.3 Å². The molecule has 2 rings (SSSR count). The molecule has 0 radical (unpaired) electrons. The smallest absolute Gasteiger partial charge is 0.277 e. The van der Waals surface area contributed by atoms with E-state index in [9.17, 15) is 9.90 Å². The van der Waals surface area contributed by atoms with Crippen LogP contribution < -0.4 is 10.2 Å². The second kappa shape index (κ2) is 9.44. The Bertz CT molecular complexity index is 869. The quantitative estimate of drug-likeness (QED) is 0.429. The van der Waals surface area contributed by atoms with Gasteiger partial charge >= 0.3 is 0 Å². The van der Waals surface area contributed by atoms with Crippen LogP contribution in [0.1, 0.15) is 52.2 Å². The van der Waals surface area contributed by atoms with Gasteiger partial charge in [0.25, 0.3) is 5.91 Å². The fourth-order valence-electron chi connectivity index (χ4n) is 3.41. The first-order valence-corrected chi connectivity index (χ1v) is 10.3. The molecule has 2 aromatic rings. The number of carbonyl (C=O) groups excluding carboxylic acids is 1. The Labute approximate surface area is 181 Å². The maximum Gasteiger partial charge on any atom is 0.277 e. The molecule has 2 aromatic carbocycles. The highest BCUT2D eigenvalue weighted by Crippen LogP contribution is 2.36. The van der Waals surface area contributed by atoms with Gasteiger partial charge in [-0.15, -0.1) is 0 Å². The number of nitrogens with zero attached hydrogens (tertiary/aromatic N) is 1. The van der Waals surface area contributed by atoms with Crippen molar-refractivity contribution >= 4 is 28.1 Å². The van der Waals surface area contributed by atoms with Crippen molar-refractivity contribution in [3.05, 3.63) is 58.1 Å². The Morgan fingerprint density at radius 3 is 2.41 bits per heavy atom. The molecule has 0 saturated heterocycles. The third-order valence-electron chi connectivity index (χ3n) is 4.36. The molecule has 0 bridgehead atoms. The van der Waals surface area contributed by atoms with Crippen LogP contribution in [0.4, 0.5) is 0 Å². The topological polar surface area (TPSA) is 70.9 Å². The molecular formula is C23H29BrN2O3. The summed E-state index contributed by atoms with van der Waals surface area (Å²) in [7, 11) is 0. The molecule has 0 aliphatic carbocycles. The van der Waals surface area contributed by atoms with E-state index >= 15 is 0 Å². The van der Waals surface area contributed by atoms with Gasteiger partial charge in [-0.2, -0.15) is 5.10 Å². The molecule has 0 heterocycles. The van der Waals surface area contributed by atoms with Gasteiger partial charge in [0.05, 0.1) is 6.21 Å². The first-order chi connectivity index (χ1) is 13.5. The van der Waals surface area contributed by atoms with Crippen LogP contribution in [0.5, 0.6) is 11.5 Å². The Kier molecular flexibility index (Phi) is 7.47. The van der Waals surface area contributed by atoms with Gasteiger partial charge in [-0.3, -0.25) is 4.79 Å². The summed E-state index contributed by atoms with van der Waals surface area (Å²) in [5.41, 5.74) is 4.42. The lowest BCUT2D eigenvalue weighted by Crippen LogP contribution is -2.25. The summed E-state index contributed by atoms with van der Waals surface area (Å²) >= 11 is 3.32. The molecule has 0 aliphatic heterocycles. The van der Waals surface area contributed by atoms with E-state index < -0.39 is 0 Å². The molecule has 6 heteroatoms. The number of phenolic OH excluding ortho intramolecular Hbond substituents is 1. The van der Waals surface area contributed by atoms with Crippen LogP contribution in [-0.2, 0) is 10.2 Å². The number of phenols is 1. The van der Waals surface area contributed by atoms with Crippen molar-refractivity contribution < 1.29 is 14.6 Å². The molecule has 0 atom stereocenters. The van der Waals surface area contributed by atoms with Crippen LogP contribution >= 0.6 is 15.9 Å². The van der Waals surface area contributed by atoms with Crippen LogP contribution in [-0.4, -0.2) is 23.8 Å². The molecule has 0 saturated carbocycles. The van der Waals surface area contributed by atoms with E-state index in [1.807, 2.05) is 24.3 Å². The maximum absolute atomic E-state index is 11.9. The summed E-state index contributed by atoms with van der Waals surface area (Å²) in [4.78, 5) is 11.9. The average Bonchev–Trinajstić information content (AvgIpc) is 2.61. The van der Waals surface area contributed by atoms with E-state index in [-0.39, 0.29) is 29.1 Å². The highest BCUT2D eigenvalue weighted by Gasteiger charge is 2.27. The second-order valence-corrected chi connectivity index (χ2v) is 9.85. The molecule has 156 valence electrons. The van der Waals surface area contributed by atoms with Crippen molar-refractivity contribution in [1.82, 2.24) is 5.43 Å². The fraction of sp³-hybridized carbons (Fsp3) is 0.391. The minimum atomic E-state index is -0.382. The zero-order chi connectivity index (χ0) is 21.7. The van der Waals surface area contributed by atoms with Crippen LogP contribution in [0.25, 0.3) is 0 Å². The molecule has 5 nitrogen and oxygen atoms in total. The van der Waals surface area contributed by atoms with Gasteiger partial charge in [0.2, 0.25) is 0 Å². The minimum Gasteiger partial charge on any atom is -0.507 e. The molecule has 2 N–H and O–H groups in total. The second-order valence-electron chi connectivity index (χ2n) is 8.93. The highest BCUT2D eigenvalue weighted by atomic mass is 79.9. The Morgan fingerprint density at radius 1 is 1.14 bits per heavy atom. The number of rotatable bonds is 7. The molecule has 0 aromatic heterocycles. The molecule has 0 aliphatic rings. The number of benzene rings is 2. The lowest BCUT2D eigenvalue weighted by atomic mass is 9.72. The number of aromatic hydroxyl groups is 1.